The summed E-state index contributed by atoms with van der Waals surface area (Å²) in [5.41, 5.74) is 3.33. The van der Waals surface area contributed by atoms with Gasteiger partial charge in [-0.05, 0) is 24.6 Å². The summed E-state index contributed by atoms with van der Waals surface area (Å²) in [6.07, 6.45) is 0. The third kappa shape index (κ3) is 1.92. The summed E-state index contributed by atoms with van der Waals surface area (Å²) in [5.74, 6) is 0.153. The Balaban J connectivity index is 2.26. The fraction of sp³-hybridized carbons (Fsp3) is 0.105. The van der Waals surface area contributed by atoms with Crippen LogP contribution in [-0.4, -0.2) is 17.4 Å². The zero-order chi connectivity index (χ0) is 16.8. The first-order chi connectivity index (χ1) is 11.7. The van der Waals surface area contributed by atoms with Crippen LogP contribution in [0.4, 0.5) is 0 Å². The summed E-state index contributed by atoms with van der Waals surface area (Å²) in [5, 5.41) is 10.8. The van der Waals surface area contributed by atoms with Crippen LogP contribution in [0.3, 0.4) is 0 Å². The maximum atomic E-state index is 12.9. The number of ketones is 1. The standard InChI is InChI=1S/C19H11ClN2O2/c1-2-24-19-14(9-21)16-11-5-3-4-6-12(11)18(23)13-7-10(20)8-15(22-19)17(13)16/h3-8H,2H2,1H3. The van der Waals surface area contributed by atoms with Gasteiger partial charge in [-0.15, -0.1) is 0 Å². The molecule has 5 heteroatoms. The summed E-state index contributed by atoms with van der Waals surface area (Å²) < 4.78 is 5.56. The van der Waals surface area contributed by atoms with Crippen LogP contribution in [0.5, 0.6) is 5.88 Å². The smallest absolute Gasteiger partial charge is 0.232 e. The van der Waals surface area contributed by atoms with Gasteiger partial charge in [0.15, 0.2) is 5.78 Å². The highest BCUT2D eigenvalue weighted by molar-refractivity contribution is 6.34. The summed E-state index contributed by atoms with van der Waals surface area (Å²) >= 11 is 6.18. The van der Waals surface area contributed by atoms with Crippen molar-refractivity contribution in [1.29, 1.82) is 5.26 Å². The molecule has 24 heavy (non-hydrogen) atoms. The van der Waals surface area contributed by atoms with Crippen LogP contribution in [0.1, 0.15) is 28.4 Å². The Bertz CT molecular complexity index is 1070. The molecule has 4 nitrogen and oxygen atoms in total. The van der Waals surface area contributed by atoms with Gasteiger partial charge in [-0.2, -0.15) is 5.26 Å². The first-order valence-corrected chi connectivity index (χ1v) is 7.87. The van der Waals surface area contributed by atoms with Crippen LogP contribution < -0.4 is 4.74 Å². The number of carbonyl (C=O) groups excluding carboxylic acids is 1. The third-order valence-corrected chi connectivity index (χ3v) is 4.31. The molecule has 0 saturated carbocycles. The summed E-state index contributed by atoms with van der Waals surface area (Å²) in [7, 11) is 0. The topological polar surface area (TPSA) is 63.0 Å². The number of pyridine rings is 1. The number of nitrogens with zero attached hydrogens (tertiary/aromatic N) is 2. The molecule has 4 rings (SSSR count). The highest BCUT2D eigenvalue weighted by atomic mass is 35.5. The van der Waals surface area contributed by atoms with Crippen LogP contribution in [-0.2, 0) is 0 Å². The number of aromatic nitrogens is 1. The fourth-order valence-electron chi connectivity index (χ4n) is 3.18. The lowest BCUT2D eigenvalue weighted by Crippen LogP contribution is -2.12. The van der Waals surface area contributed by atoms with Crippen molar-refractivity contribution in [3.05, 3.63) is 58.1 Å². The molecule has 0 bridgehead atoms. The molecule has 1 aromatic heterocycles. The molecule has 1 aliphatic carbocycles. The van der Waals surface area contributed by atoms with Gasteiger partial charge in [0.1, 0.15) is 11.6 Å². The number of benzene rings is 2. The number of fused-ring (bicyclic) bond motifs is 2. The van der Waals surface area contributed by atoms with Crippen molar-refractivity contribution in [3.8, 4) is 23.1 Å². The van der Waals surface area contributed by atoms with Crippen molar-refractivity contribution in [2.75, 3.05) is 6.61 Å². The van der Waals surface area contributed by atoms with E-state index in [1.807, 2.05) is 19.1 Å². The van der Waals surface area contributed by atoms with E-state index in [0.717, 1.165) is 5.56 Å². The van der Waals surface area contributed by atoms with Crippen molar-refractivity contribution in [2.24, 2.45) is 0 Å². The molecular formula is C19H11ClN2O2. The molecule has 0 amide bonds. The molecule has 0 radical (unpaired) electrons. The van der Waals surface area contributed by atoms with Crippen molar-refractivity contribution >= 4 is 28.3 Å². The zero-order valence-corrected chi connectivity index (χ0v) is 13.5. The monoisotopic (exact) mass is 334 g/mol. The maximum Gasteiger partial charge on any atom is 0.232 e. The lowest BCUT2D eigenvalue weighted by atomic mass is 9.82. The predicted octanol–water partition coefficient (Wildman–Crippen LogP) is 4.37. The van der Waals surface area contributed by atoms with Gasteiger partial charge < -0.3 is 4.74 Å². The van der Waals surface area contributed by atoms with Gasteiger partial charge in [-0.25, -0.2) is 4.98 Å². The minimum Gasteiger partial charge on any atom is -0.477 e. The van der Waals surface area contributed by atoms with Crippen LogP contribution in [0.2, 0.25) is 5.02 Å². The van der Waals surface area contributed by atoms with Crippen molar-refractivity contribution in [3.63, 3.8) is 0 Å². The van der Waals surface area contributed by atoms with E-state index in [4.69, 9.17) is 16.3 Å². The molecule has 0 fully saturated rings. The Morgan fingerprint density at radius 2 is 1.96 bits per heavy atom. The SMILES string of the molecule is CCOc1nc2cc(Cl)cc3c2c(c1C#N)-c1ccccc1C3=O. The quantitative estimate of drug-likeness (QED) is 0.546. The Hall–Kier alpha value is -2.90. The molecule has 0 unspecified atom stereocenters. The predicted molar refractivity (Wildman–Crippen MR) is 91.5 cm³/mol. The van der Waals surface area contributed by atoms with Gasteiger partial charge in [-0.3, -0.25) is 4.79 Å². The van der Waals surface area contributed by atoms with Crippen LogP contribution in [0, 0.1) is 11.3 Å². The Kier molecular flexibility index (Phi) is 3.26. The van der Waals surface area contributed by atoms with E-state index < -0.39 is 0 Å². The second kappa shape index (κ2) is 5.33. The summed E-state index contributed by atoms with van der Waals surface area (Å²) in [4.78, 5) is 17.3. The molecule has 0 saturated heterocycles. The van der Waals surface area contributed by atoms with E-state index in [2.05, 4.69) is 11.1 Å². The first-order valence-electron chi connectivity index (χ1n) is 7.50. The van der Waals surface area contributed by atoms with Gasteiger partial charge in [0, 0.05) is 27.1 Å². The molecule has 1 aliphatic rings. The number of hydrogen-bond donors (Lipinski definition) is 0. The zero-order valence-electron chi connectivity index (χ0n) is 12.8. The van der Waals surface area contributed by atoms with E-state index >= 15 is 0 Å². The van der Waals surface area contributed by atoms with Gasteiger partial charge in [0.2, 0.25) is 5.88 Å². The second-order valence-electron chi connectivity index (χ2n) is 5.43. The molecule has 3 aromatic rings. The summed E-state index contributed by atoms with van der Waals surface area (Å²) in [6.45, 7) is 2.22. The number of halogens is 1. The van der Waals surface area contributed by atoms with E-state index in [1.54, 1.807) is 24.3 Å². The third-order valence-electron chi connectivity index (χ3n) is 4.10. The van der Waals surface area contributed by atoms with Crippen molar-refractivity contribution in [2.45, 2.75) is 6.92 Å². The van der Waals surface area contributed by atoms with Crippen LogP contribution >= 0.6 is 11.6 Å². The number of nitriles is 1. The van der Waals surface area contributed by atoms with E-state index in [1.165, 1.54) is 0 Å². The largest absolute Gasteiger partial charge is 0.477 e. The Morgan fingerprint density at radius 3 is 2.67 bits per heavy atom. The van der Waals surface area contributed by atoms with Gasteiger partial charge in [-0.1, -0.05) is 35.9 Å². The van der Waals surface area contributed by atoms with Crippen molar-refractivity contribution in [1.82, 2.24) is 4.98 Å². The molecule has 116 valence electrons. The van der Waals surface area contributed by atoms with Crippen LogP contribution in [0.25, 0.3) is 22.0 Å². The Morgan fingerprint density at radius 1 is 1.21 bits per heavy atom. The lowest BCUT2D eigenvalue weighted by Gasteiger charge is -2.22. The Labute approximate surface area is 143 Å². The molecule has 2 aromatic carbocycles. The van der Waals surface area contributed by atoms with Crippen LogP contribution in [0.15, 0.2) is 36.4 Å². The minimum atomic E-state index is -0.111. The first kappa shape index (κ1) is 14.7. The highest BCUT2D eigenvalue weighted by Gasteiger charge is 2.30. The molecule has 0 atom stereocenters. The normalized spacial score (nSPS) is 12.0. The fourth-order valence-corrected chi connectivity index (χ4v) is 3.39. The summed E-state index contributed by atoms with van der Waals surface area (Å²) in [6, 6.07) is 12.8. The second-order valence-corrected chi connectivity index (χ2v) is 5.87. The molecule has 0 spiro atoms. The highest BCUT2D eigenvalue weighted by Crippen LogP contribution is 2.44. The molecule has 0 aliphatic heterocycles. The number of hydrogen-bond acceptors (Lipinski definition) is 4. The minimum absolute atomic E-state index is 0.111. The molecule has 0 N–H and O–H groups in total. The molecular weight excluding hydrogens is 324 g/mol. The van der Waals surface area contributed by atoms with Gasteiger partial charge >= 0.3 is 0 Å². The number of ether oxygens (including phenoxy) is 1. The molecule has 1 heterocycles. The van der Waals surface area contributed by atoms with E-state index in [-0.39, 0.29) is 11.7 Å². The van der Waals surface area contributed by atoms with Gasteiger partial charge in [0.05, 0.1) is 12.1 Å². The van der Waals surface area contributed by atoms with E-state index in [0.29, 0.717) is 44.8 Å². The number of rotatable bonds is 2. The average molecular weight is 335 g/mol. The average Bonchev–Trinajstić information content (AvgIpc) is 2.59. The number of carbonyl (C=O) groups is 1. The van der Waals surface area contributed by atoms with Crippen molar-refractivity contribution < 1.29 is 9.53 Å². The lowest BCUT2D eigenvalue weighted by molar-refractivity contribution is 0.104. The maximum absolute atomic E-state index is 12.9. The van der Waals surface area contributed by atoms with E-state index in [9.17, 15) is 10.1 Å². The van der Waals surface area contributed by atoms with Gasteiger partial charge in [0.25, 0.3) is 0 Å².